The molecule has 3 nitrogen and oxygen atoms in total. The van der Waals surface area contributed by atoms with E-state index in [1.165, 1.54) is 0 Å². The van der Waals surface area contributed by atoms with Gasteiger partial charge in [-0.25, -0.2) is 8.42 Å². The summed E-state index contributed by atoms with van der Waals surface area (Å²) in [5.41, 5.74) is 1.07. The SMILES string of the molecule is C=CC[C@@H]1CCCCN1S(=O)(=O)c1ccc(C)cc1. The van der Waals surface area contributed by atoms with E-state index in [1.807, 2.05) is 25.1 Å². The van der Waals surface area contributed by atoms with Crippen molar-refractivity contribution in [1.29, 1.82) is 0 Å². The minimum absolute atomic E-state index is 0.0672. The number of sulfonamides is 1. The fourth-order valence-corrected chi connectivity index (χ4v) is 4.27. The summed E-state index contributed by atoms with van der Waals surface area (Å²) in [5.74, 6) is 0. The quantitative estimate of drug-likeness (QED) is 0.794. The second-order valence-electron chi connectivity index (χ2n) is 5.10. The third kappa shape index (κ3) is 3.07. The molecule has 1 aromatic carbocycles. The van der Waals surface area contributed by atoms with Crippen molar-refractivity contribution in [2.75, 3.05) is 6.54 Å². The lowest BCUT2D eigenvalue weighted by atomic mass is 10.0. The summed E-state index contributed by atoms with van der Waals surface area (Å²) in [4.78, 5) is 0.397. The van der Waals surface area contributed by atoms with Crippen LogP contribution in [0.25, 0.3) is 0 Å². The van der Waals surface area contributed by atoms with Gasteiger partial charge in [0.2, 0.25) is 10.0 Å². The molecule has 19 heavy (non-hydrogen) atoms. The number of hydrogen-bond acceptors (Lipinski definition) is 2. The highest BCUT2D eigenvalue weighted by atomic mass is 32.2. The third-order valence-corrected chi connectivity index (χ3v) is 5.61. The fourth-order valence-electron chi connectivity index (χ4n) is 2.56. The Bertz CT molecular complexity index is 534. The molecule has 0 radical (unpaired) electrons. The molecule has 0 aliphatic carbocycles. The lowest BCUT2D eigenvalue weighted by Crippen LogP contribution is -2.43. The largest absolute Gasteiger partial charge is 0.243 e. The molecule has 1 aromatic rings. The predicted octanol–water partition coefficient (Wildman–Crippen LogP) is 3.11. The topological polar surface area (TPSA) is 37.4 Å². The lowest BCUT2D eigenvalue weighted by Gasteiger charge is -2.34. The van der Waals surface area contributed by atoms with Crippen LogP contribution < -0.4 is 0 Å². The van der Waals surface area contributed by atoms with Crippen molar-refractivity contribution in [3.8, 4) is 0 Å². The van der Waals surface area contributed by atoms with Gasteiger partial charge >= 0.3 is 0 Å². The molecule has 0 saturated carbocycles. The molecule has 2 rings (SSSR count). The van der Waals surface area contributed by atoms with Crippen molar-refractivity contribution in [3.63, 3.8) is 0 Å². The summed E-state index contributed by atoms with van der Waals surface area (Å²) >= 11 is 0. The van der Waals surface area contributed by atoms with Gasteiger partial charge in [-0.15, -0.1) is 6.58 Å². The van der Waals surface area contributed by atoms with E-state index in [4.69, 9.17) is 0 Å². The van der Waals surface area contributed by atoms with E-state index in [-0.39, 0.29) is 6.04 Å². The molecule has 0 spiro atoms. The van der Waals surface area contributed by atoms with Gasteiger partial charge in [-0.1, -0.05) is 30.2 Å². The summed E-state index contributed by atoms with van der Waals surface area (Å²) in [6, 6.07) is 7.16. The first-order valence-corrected chi connectivity index (χ1v) is 8.19. The maximum Gasteiger partial charge on any atom is 0.243 e. The van der Waals surface area contributed by atoms with E-state index in [0.717, 1.165) is 31.2 Å². The average molecular weight is 279 g/mol. The summed E-state index contributed by atoms with van der Waals surface area (Å²) < 4.78 is 27.0. The third-order valence-electron chi connectivity index (χ3n) is 3.64. The zero-order valence-corrected chi connectivity index (χ0v) is 12.2. The zero-order valence-electron chi connectivity index (χ0n) is 11.4. The number of benzene rings is 1. The van der Waals surface area contributed by atoms with Crippen molar-refractivity contribution in [2.24, 2.45) is 0 Å². The standard InChI is InChI=1S/C15H21NO2S/c1-3-6-14-7-4-5-12-16(14)19(17,18)15-10-8-13(2)9-11-15/h3,8-11,14H,1,4-7,12H2,2H3/t14-/m1/s1. The number of aryl methyl sites for hydroxylation is 1. The Hall–Kier alpha value is -1.13. The molecule has 0 N–H and O–H groups in total. The predicted molar refractivity (Wildman–Crippen MR) is 77.5 cm³/mol. The van der Waals surface area contributed by atoms with Crippen LogP contribution in [-0.2, 0) is 10.0 Å². The van der Waals surface area contributed by atoms with E-state index in [9.17, 15) is 8.42 Å². The van der Waals surface area contributed by atoms with Gasteiger partial charge in [-0.3, -0.25) is 0 Å². The summed E-state index contributed by atoms with van der Waals surface area (Å²) in [6.45, 7) is 6.31. The van der Waals surface area contributed by atoms with Crippen LogP contribution in [0.15, 0.2) is 41.8 Å². The molecule has 1 aliphatic heterocycles. The maximum atomic E-state index is 12.7. The normalized spacial score (nSPS) is 21.2. The van der Waals surface area contributed by atoms with Crippen LogP contribution in [0.4, 0.5) is 0 Å². The van der Waals surface area contributed by atoms with Gasteiger partial charge in [-0.05, 0) is 38.3 Å². The zero-order chi connectivity index (χ0) is 13.9. The van der Waals surface area contributed by atoms with Crippen molar-refractivity contribution in [3.05, 3.63) is 42.5 Å². The molecular weight excluding hydrogens is 258 g/mol. The van der Waals surface area contributed by atoms with Crippen LogP contribution in [0.5, 0.6) is 0 Å². The second kappa shape index (κ2) is 5.88. The van der Waals surface area contributed by atoms with Crippen LogP contribution in [-0.4, -0.2) is 25.3 Å². The summed E-state index contributed by atoms with van der Waals surface area (Å²) in [7, 11) is -3.36. The minimum Gasteiger partial charge on any atom is -0.207 e. The summed E-state index contributed by atoms with van der Waals surface area (Å²) in [6.07, 6.45) is 5.51. The van der Waals surface area contributed by atoms with Crippen molar-refractivity contribution >= 4 is 10.0 Å². The Morgan fingerprint density at radius 1 is 1.32 bits per heavy atom. The van der Waals surface area contributed by atoms with Crippen LogP contribution in [0.2, 0.25) is 0 Å². The number of nitrogens with zero attached hydrogens (tertiary/aromatic N) is 1. The van der Waals surface area contributed by atoms with Crippen molar-refractivity contribution < 1.29 is 8.42 Å². The molecule has 1 saturated heterocycles. The highest BCUT2D eigenvalue weighted by Crippen LogP contribution is 2.27. The molecule has 4 heteroatoms. The Morgan fingerprint density at radius 2 is 2.00 bits per heavy atom. The molecule has 0 bridgehead atoms. The van der Waals surface area contributed by atoms with Gasteiger partial charge in [0.05, 0.1) is 4.90 Å². The van der Waals surface area contributed by atoms with Gasteiger partial charge in [0.15, 0.2) is 0 Å². The van der Waals surface area contributed by atoms with E-state index in [2.05, 4.69) is 6.58 Å². The average Bonchev–Trinajstić information content (AvgIpc) is 2.40. The molecule has 0 unspecified atom stereocenters. The van der Waals surface area contributed by atoms with Crippen molar-refractivity contribution in [2.45, 2.75) is 43.5 Å². The van der Waals surface area contributed by atoms with Crippen LogP contribution in [0, 0.1) is 6.92 Å². The minimum atomic E-state index is -3.36. The molecule has 0 aromatic heterocycles. The maximum absolute atomic E-state index is 12.7. The van der Waals surface area contributed by atoms with E-state index in [1.54, 1.807) is 16.4 Å². The number of rotatable bonds is 4. The Balaban J connectivity index is 2.31. The highest BCUT2D eigenvalue weighted by molar-refractivity contribution is 7.89. The van der Waals surface area contributed by atoms with Crippen LogP contribution in [0.3, 0.4) is 0 Å². The molecule has 1 heterocycles. The Morgan fingerprint density at radius 3 is 2.63 bits per heavy atom. The smallest absolute Gasteiger partial charge is 0.207 e. The fraction of sp³-hybridized carbons (Fsp3) is 0.467. The Labute approximate surface area is 116 Å². The Kier molecular flexibility index (Phi) is 4.42. The van der Waals surface area contributed by atoms with E-state index >= 15 is 0 Å². The number of piperidine rings is 1. The summed E-state index contributed by atoms with van der Waals surface area (Å²) in [5, 5.41) is 0. The van der Waals surface area contributed by atoms with E-state index in [0.29, 0.717) is 11.4 Å². The van der Waals surface area contributed by atoms with Crippen LogP contribution >= 0.6 is 0 Å². The van der Waals surface area contributed by atoms with Gasteiger partial charge in [0.25, 0.3) is 0 Å². The number of hydrogen-bond donors (Lipinski definition) is 0. The second-order valence-corrected chi connectivity index (χ2v) is 6.99. The first kappa shape index (κ1) is 14.3. The molecule has 1 fully saturated rings. The molecule has 1 aliphatic rings. The van der Waals surface area contributed by atoms with Gasteiger partial charge in [0.1, 0.15) is 0 Å². The van der Waals surface area contributed by atoms with Crippen molar-refractivity contribution in [1.82, 2.24) is 4.31 Å². The van der Waals surface area contributed by atoms with Crippen LogP contribution in [0.1, 0.15) is 31.2 Å². The first-order chi connectivity index (χ1) is 9.05. The highest BCUT2D eigenvalue weighted by Gasteiger charge is 2.32. The first-order valence-electron chi connectivity index (χ1n) is 6.75. The molecular formula is C15H21NO2S. The van der Waals surface area contributed by atoms with Gasteiger partial charge < -0.3 is 0 Å². The van der Waals surface area contributed by atoms with Gasteiger partial charge in [-0.2, -0.15) is 4.31 Å². The molecule has 1 atom stereocenters. The lowest BCUT2D eigenvalue weighted by molar-refractivity contribution is 0.254. The molecule has 0 amide bonds. The van der Waals surface area contributed by atoms with E-state index < -0.39 is 10.0 Å². The molecule has 104 valence electrons. The van der Waals surface area contributed by atoms with Gasteiger partial charge in [0, 0.05) is 12.6 Å². The monoisotopic (exact) mass is 279 g/mol.